The second-order valence-electron chi connectivity index (χ2n) is 5.74. The lowest BCUT2D eigenvalue weighted by molar-refractivity contribution is -0.121. The Balaban J connectivity index is 1.70. The zero-order chi connectivity index (χ0) is 16.4. The molecule has 0 atom stereocenters. The lowest BCUT2D eigenvalue weighted by atomic mass is 10.1. The highest BCUT2D eigenvalue weighted by Gasteiger charge is 2.09. The number of carbonyl (C=O) groups is 1. The highest BCUT2D eigenvalue weighted by Crippen LogP contribution is 2.09. The Morgan fingerprint density at radius 1 is 1.09 bits per heavy atom. The van der Waals surface area contributed by atoms with Gasteiger partial charge < -0.3 is 14.5 Å². The molecule has 118 valence electrons. The van der Waals surface area contributed by atoms with Crippen LogP contribution in [0.25, 0.3) is 10.9 Å². The molecule has 0 saturated heterocycles. The van der Waals surface area contributed by atoms with Gasteiger partial charge in [0.1, 0.15) is 12.1 Å². The van der Waals surface area contributed by atoms with Gasteiger partial charge in [0.2, 0.25) is 5.91 Å². The number of hydrogen-bond donors (Lipinski definition) is 1. The van der Waals surface area contributed by atoms with E-state index in [1.807, 2.05) is 56.6 Å². The summed E-state index contributed by atoms with van der Waals surface area (Å²) in [6, 6.07) is 11.7. The molecule has 1 N–H and O–H groups in total. The van der Waals surface area contributed by atoms with Crippen molar-refractivity contribution in [2.45, 2.75) is 20.0 Å². The Morgan fingerprint density at radius 2 is 1.78 bits per heavy atom. The van der Waals surface area contributed by atoms with E-state index in [2.05, 4.69) is 5.32 Å². The van der Waals surface area contributed by atoms with Crippen LogP contribution in [0.5, 0.6) is 0 Å². The van der Waals surface area contributed by atoms with E-state index < -0.39 is 0 Å². The van der Waals surface area contributed by atoms with Crippen molar-refractivity contribution in [2.75, 3.05) is 0 Å². The van der Waals surface area contributed by atoms with E-state index >= 15 is 0 Å². The van der Waals surface area contributed by atoms with Gasteiger partial charge in [-0.2, -0.15) is 0 Å². The van der Waals surface area contributed by atoms with Crippen LogP contribution < -0.4 is 10.9 Å². The fourth-order valence-electron chi connectivity index (χ4n) is 2.57. The topological polar surface area (TPSA) is 56.0 Å². The van der Waals surface area contributed by atoms with Gasteiger partial charge in [-0.1, -0.05) is 29.8 Å². The van der Waals surface area contributed by atoms with Gasteiger partial charge in [0, 0.05) is 31.4 Å². The number of nitrogens with zero attached hydrogens (tertiary/aromatic N) is 2. The third kappa shape index (κ3) is 3.18. The predicted octanol–water partition coefficient (Wildman–Crippen LogP) is 1.96. The highest BCUT2D eigenvalue weighted by molar-refractivity contribution is 5.80. The van der Waals surface area contributed by atoms with Crippen molar-refractivity contribution in [3.8, 4) is 0 Å². The van der Waals surface area contributed by atoms with Crippen LogP contribution in [-0.2, 0) is 24.9 Å². The van der Waals surface area contributed by atoms with Gasteiger partial charge in [-0.15, -0.1) is 0 Å². The van der Waals surface area contributed by atoms with E-state index in [9.17, 15) is 9.59 Å². The van der Waals surface area contributed by atoms with Gasteiger partial charge in [-0.3, -0.25) is 9.59 Å². The zero-order valence-electron chi connectivity index (χ0n) is 13.2. The SMILES string of the molecule is Cc1ccc(CNC(=O)Cn2ccc3ccn(C)c3c2=O)cc1. The number of aromatic nitrogens is 2. The number of hydrogen-bond acceptors (Lipinski definition) is 2. The number of rotatable bonds is 4. The molecule has 2 aromatic heterocycles. The van der Waals surface area contributed by atoms with Gasteiger partial charge in [0.05, 0.1) is 0 Å². The summed E-state index contributed by atoms with van der Waals surface area (Å²) in [5.41, 5.74) is 2.68. The largest absolute Gasteiger partial charge is 0.350 e. The normalized spacial score (nSPS) is 10.9. The average molecular weight is 309 g/mol. The van der Waals surface area contributed by atoms with Crippen LogP contribution in [0, 0.1) is 6.92 Å². The van der Waals surface area contributed by atoms with Crippen molar-refractivity contribution in [2.24, 2.45) is 7.05 Å². The summed E-state index contributed by atoms with van der Waals surface area (Å²) in [7, 11) is 1.82. The molecule has 23 heavy (non-hydrogen) atoms. The van der Waals surface area contributed by atoms with Crippen LogP contribution in [0.1, 0.15) is 11.1 Å². The summed E-state index contributed by atoms with van der Waals surface area (Å²) in [5.74, 6) is -0.179. The van der Waals surface area contributed by atoms with Crippen LogP contribution in [0.4, 0.5) is 0 Å². The summed E-state index contributed by atoms with van der Waals surface area (Å²) >= 11 is 0. The monoisotopic (exact) mass is 309 g/mol. The molecule has 0 radical (unpaired) electrons. The first-order valence-electron chi connectivity index (χ1n) is 7.51. The fourth-order valence-corrected chi connectivity index (χ4v) is 2.57. The molecule has 0 aliphatic heterocycles. The third-order valence-electron chi connectivity index (χ3n) is 3.93. The molecule has 0 unspecified atom stereocenters. The molecule has 2 heterocycles. The van der Waals surface area contributed by atoms with Gasteiger partial charge in [-0.25, -0.2) is 0 Å². The van der Waals surface area contributed by atoms with Crippen LogP contribution in [0.15, 0.2) is 53.6 Å². The molecule has 1 amide bonds. The lowest BCUT2D eigenvalue weighted by Crippen LogP contribution is -2.32. The smallest absolute Gasteiger partial charge is 0.275 e. The molecule has 1 aromatic carbocycles. The minimum atomic E-state index is -0.179. The molecule has 0 fully saturated rings. The zero-order valence-corrected chi connectivity index (χ0v) is 13.2. The Morgan fingerprint density at radius 3 is 2.52 bits per heavy atom. The van der Waals surface area contributed by atoms with Crippen molar-refractivity contribution in [1.29, 1.82) is 0 Å². The molecule has 0 aliphatic rings. The number of amides is 1. The van der Waals surface area contributed by atoms with Crippen LogP contribution in [-0.4, -0.2) is 15.0 Å². The van der Waals surface area contributed by atoms with Crippen LogP contribution >= 0.6 is 0 Å². The maximum atomic E-state index is 12.4. The molecule has 0 saturated carbocycles. The number of fused-ring (bicyclic) bond motifs is 1. The first-order valence-corrected chi connectivity index (χ1v) is 7.51. The summed E-state index contributed by atoms with van der Waals surface area (Å²) < 4.78 is 3.21. The molecule has 0 bridgehead atoms. The van der Waals surface area contributed by atoms with Gasteiger partial charge in [-0.05, 0) is 24.6 Å². The van der Waals surface area contributed by atoms with Crippen molar-refractivity contribution in [3.63, 3.8) is 0 Å². The summed E-state index contributed by atoms with van der Waals surface area (Å²) in [6.07, 6.45) is 3.50. The lowest BCUT2D eigenvalue weighted by Gasteiger charge is -2.08. The van der Waals surface area contributed by atoms with Crippen molar-refractivity contribution in [3.05, 3.63) is 70.3 Å². The van der Waals surface area contributed by atoms with Gasteiger partial charge in [0.25, 0.3) is 5.56 Å². The Bertz CT molecular complexity index is 904. The third-order valence-corrected chi connectivity index (χ3v) is 3.93. The summed E-state index contributed by atoms with van der Waals surface area (Å²) in [4.78, 5) is 24.5. The quantitative estimate of drug-likeness (QED) is 0.801. The first-order chi connectivity index (χ1) is 11.0. The maximum Gasteiger partial charge on any atom is 0.275 e. The van der Waals surface area contributed by atoms with Gasteiger partial charge in [0.15, 0.2) is 0 Å². The molecule has 3 rings (SSSR count). The highest BCUT2D eigenvalue weighted by atomic mass is 16.2. The minimum Gasteiger partial charge on any atom is -0.350 e. The Labute approximate surface area is 134 Å². The van der Waals surface area contributed by atoms with E-state index in [4.69, 9.17) is 0 Å². The van der Waals surface area contributed by atoms with E-state index in [1.54, 1.807) is 10.8 Å². The van der Waals surface area contributed by atoms with E-state index in [-0.39, 0.29) is 18.0 Å². The number of nitrogens with one attached hydrogen (secondary N) is 1. The van der Waals surface area contributed by atoms with Crippen molar-refractivity contribution < 1.29 is 4.79 Å². The second kappa shape index (κ2) is 6.12. The number of aryl methyl sites for hydroxylation is 2. The molecule has 3 aromatic rings. The van der Waals surface area contributed by atoms with Crippen molar-refractivity contribution in [1.82, 2.24) is 14.5 Å². The van der Waals surface area contributed by atoms with Gasteiger partial charge >= 0.3 is 0 Å². The molecule has 0 aliphatic carbocycles. The van der Waals surface area contributed by atoms with E-state index in [0.29, 0.717) is 12.1 Å². The summed E-state index contributed by atoms with van der Waals surface area (Å²) in [6.45, 7) is 2.50. The maximum absolute atomic E-state index is 12.4. The molecular formula is C18H19N3O2. The minimum absolute atomic E-state index is 0.0197. The van der Waals surface area contributed by atoms with Crippen LogP contribution in [0.3, 0.4) is 0 Å². The number of pyridine rings is 1. The standard InChI is InChI=1S/C18H19N3O2/c1-13-3-5-14(6-4-13)11-19-16(22)12-21-10-8-15-7-9-20(2)17(15)18(21)23/h3-10H,11-12H2,1-2H3,(H,19,22). The van der Waals surface area contributed by atoms with E-state index in [1.165, 1.54) is 10.1 Å². The second-order valence-corrected chi connectivity index (χ2v) is 5.74. The Hall–Kier alpha value is -2.82. The number of benzene rings is 1. The predicted molar refractivity (Wildman–Crippen MR) is 90.2 cm³/mol. The summed E-state index contributed by atoms with van der Waals surface area (Å²) in [5, 5.41) is 3.73. The molecule has 0 spiro atoms. The fraction of sp³-hybridized carbons (Fsp3) is 0.222. The molecule has 5 nitrogen and oxygen atoms in total. The first kappa shape index (κ1) is 15.1. The molecular weight excluding hydrogens is 290 g/mol. The Kier molecular flexibility index (Phi) is 4.02. The number of carbonyl (C=O) groups excluding carboxylic acids is 1. The van der Waals surface area contributed by atoms with E-state index in [0.717, 1.165) is 10.9 Å². The van der Waals surface area contributed by atoms with Crippen molar-refractivity contribution >= 4 is 16.8 Å². The molecule has 5 heteroatoms. The van der Waals surface area contributed by atoms with Crippen LogP contribution in [0.2, 0.25) is 0 Å². The average Bonchev–Trinajstić information content (AvgIpc) is 2.91.